The summed E-state index contributed by atoms with van der Waals surface area (Å²) in [6.45, 7) is 10.2. The summed E-state index contributed by atoms with van der Waals surface area (Å²) in [4.78, 5) is 25.6. The van der Waals surface area contributed by atoms with Crippen LogP contribution in [0.4, 0.5) is 0 Å². The molecule has 0 aliphatic heterocycles. The van der Waals surface area contributed by atoms with E-state index in [4.69, 9.17) is 0 Å². The lowest BCUT2D eigenvalue weighted by Gasteiger charge is -2.30. The van der Waals surface area contributed by atoms with Gasteiger partial charge in [-0.05, 0) is 31.8 Å². The van der Waals surface area contributed by atoms with Crippen LogP contribution in [0.25, 0.3) is 0 Å². The third-order valence-electron chi connectivity index (χ3n) is 3.06. The Morgan fingerprint density at radius 1 is 1.20 bits per heavy atom. The second-order valence-electron chi connectivity index (χ2n) is 7.23. The number of hydrogen-bond acceptors (Lipinski definition) is 3. The summed E-state index contributed by atoms with van der Waals surface area (Å²) >= 11 is 0. The molecule has 0 spiro atoms. The number of nitrogens with zero attached hydrogens (tertiary/aromatic N) is 1. The Bertz CT molecular complexity index is 323. The molecule has 0 heterocycles. The fourth-order valence-corrected chi connectivity index (χ4v) is 2.35. The number of hydrogen-bond donors (Lipinski definition) is 2. The van der Waals surface area contributed by atoms with Gasteiger partial charge in [-0.25, -0.2) is 0 Å². The molecule has 0 radical (unpaired) electrons. The SMILES string of the molecule is CC(C)CC(CN(C)C)NC(=O)C(C(=O)O)C(C)(C)C. The van der Waals surface area contributed by atoms with Gasteiger partial charge in [-0.2, -0.15) is 0 Å². The fraction of sp³-hybridized carbons (Fsp3) is 0.867. The maximum absolute atomic E-state index is 12.3. The van der Waals surface area contributed by atoms with Gasteiger partial charge in [0, 0.05) is 12.6 Å². The van der Waals surface area contributed by atoms with Crippen molar-refractivity contribution < 1.29 is 14.7 Å². The number of carboxylic acids is 1. The van der Waals surface area contributed by atoms with Gasteiger partial charge in [0.1, 0.15) is 5.92 Å². The van der Waals surface area contributed by atoms with E-state index in [2.05, 4.69) is 19.2 Å². The number of aliphatic carboxylic acids is 1. The molecule has 0 saturated carbocycles. The van der Waals surface area contributed by atoms with Crippen molar-refractivity contribution in [2.45, 2.75) is 47.1 Å². The monoisotopic (exact) mass is 286 g/mol. The summed E-state index contributed by atoms with van der Waals surface area (Å²) < 4.78 is 0. The summed E-state index contributed by atoms with van der Waals surface area (Å²) in [7, 11) is 3.88. The quantitative estimate of drug-likeness (QED) is 0.701. The Hall–Kier alpha value is -1.10. The lowest BCUT2D eigenvalue weighted by atomic mass is 9.80. The average molecular weight is 286 g/mol. The maximum Gasteiger partial charge on any atom is 0.316 e. The zero-order valence-electron chi connectivity index (χ0n) is 13.9. The van der Waals surface area contributed by atoms with E-state index in [0.717, 1.165) is 6.42 Å². The highest BCUT2D eigenvalue weighted by Gasteiger charge is 2.38. The molecule has 0 rings (SSSR count). The van der Waals surface area contributed by atoms with Crippen LogP contribution in [-0.2, 0) is 9.59 Å². The molecule has 2 atom stereocenters. The zero-order chi connectivity index (χ0) is 16.1. The molecule has 0 aliphatic rings. The number of carbonyl (C=O) groups is 2. The van der Waals surface area contributed by atoms with E-state index in [1.165, 1.54) is 0 Å². The molecule has 0 aromatic heterocycles. The highest BCUT2D eigenvalue weighted by atomic mass is 16.4. The molecule has 0 saturated heterocycles. The third kappa shape index (κ3) is 6.89. The maximum atomic E-state index is 12.3. The van der Waals surface area contributed by atoms with Crippen molar-refractivity contribution in [3.05, 3.63) is 0 Å². The van der Waals surface area contributed by atoms with Crippen molar-refractivity contribution in [2.24, 2.45) is 17.3 Å². The van der Waals surface area contributed by atoms with E-state index in [1.807, 2.05) is 19.0 Å². The van der Waals surface area contributed by atoms with E-state index in [1.54, 1.807) is 20.8 Å². The summed E-state index contributed by atoms with van der Waals surface area (Å²) in [5.74, 6) is -2.04. The second-order valence-corrected chi connectivity index (χ2v) is 7.23. The molecule has 0 bridgehead atoms. The van der Waals surface area contributed by atoms with Crippen molar-refractivity contribution in [1.82, 2.24) is 10.2 Å². The first-order valence-corrected chi connectivity index (χ1v) is 7.13. The molecule has 5 nitrogen and oxygen atoms in total. The van der Waals surface area contributed by atoms with Crippen molar-refractivity contribution in [3.63, 3.8) is 0 Å². The highest BCUT2D eigenvalue weighted by molar-refractivity contribution is 5.97. The van der Waals surface area contributed by atoms with Gasteiger partial charge in [-0.1, -0.05) is 34.6 Å². The smallest absolute Gasteiger partial charge is 0.316 e. The van der Waals surface area contributed by atoms with Crippen LogP contribution < -0.4 is 5.32 Å². The van der Waals surface area contributed by atoms with Crippen molar-refractivity contribution in [2.75, 3.05) is 20.6 Å². The van der Waals surface area contributed by atoms with Crippen LogP contribution in [0.5, 0.6) is 0 Å². The van der Waals surface area contributed by atoms with E-state index < -0.39 is 23.2 Å². The summed E-state index contributed by atoms with van der Waals surface area (Å²) in [6, 6.07) is -0.0262. The minimum atomic E-state index is -1.07. The predicted molar refractivity (Wildman–Crippen MR) is 80.5 cm³/mol. The first kappa shape index (κ1) is 18.9. The molecular formula is C15H30N2O3. The van der Waals surface area contributed by atoms with Crippen LogP contribution in [0.3, 0.4) is 0 Å². The lowest BCUT2D eigenvalue weighted by Crippen LogP contribution is -2.49. The van der Waals surface area contributed by atoms with Gasteiger partial charge >= 0.3 is 5.97 Å². The zero-order valence-corrected chi connectivity index (χ0v) is 13.9. The predicted octanol–water partition coefficient (Wildman–Crippen LogP) is 1.83. The van der Waals surface area contributed by atoms with Crippen molar-refractivity contribution >= 4 is 11.9 Å². The molecule has 0 aromatic carbocycles. The molecule has 5 heteroatoms. The first-order valence-electron chi connectivity index (χ1n) is 7.13. The molecule has 2 N–H and O–H groups in total. The lowest BCUT2D eigenvalue weighted by molar-refractivity contribution is -0.151. The molecule has 1 amide bonds. The highest BCUT2D eigenvalue weighted by Crippen LogP contribution is 2.26. The van der Waals surface area contributed by atoms with Crippen molar-refractivity contribution in [1.29, 1.82) is 0 Å². The number of nitrogens with one attached hydrogen (secondary N) is 1. The van der Waals surface area contributed by atoms with Gasteiger partial charge in [-0.15, -0.1) is 0 Å². The number of rotatable bonds is 7. The number of carboxylic acid groups (broad SMARTS) is 1. The topological polar surface area (TPSA) is 69.6 Å². The summed E-state index contributed by atoms with van der Waals surface area (Å²) in [6.07, 6.45) is 0.834. The van der Waals surface area contributed by atoms with Gasteiger partial charge in [-0.3, -0.25) is 9.59 Å². The Morgan fingerprint density at radius 2 is 1.70 bits per heavy atom. The number of amides is 1. The molecule has 20 heavy (non-hydrogen) atoms. The van der Waals surface area contributed by atoms with Gasteiger partial charge < -0.3 is 15.3 Å². The van der Waals surface area contributed by atoms with Gasteiger partial charge in [0.05, 0.1) is 0 Å². The minimum absolute atomic E-state index is 0.0262. The summed E-state index contributed by atoms with van der Waals surface area (Å²) in [5.41, 5.74) is -0.601. The molecule has 0 fully saturated rings. The standard InChI is InChI=1S/C15H30N2O3/c1-10(2)8-11(9-17(6)7)16-13(18)12(14(19)20)15(3,4)5/h10-12H,8-9H2,1-7H3,(H,16,18)(H,19,20). The van der Waals surface area contributed by atoms with Gasteiger partial charge in [0.2, 0.25) is 5.91 Å². The average Bonchev–Trinajstić information content (AvgIpc) is 2.10. The van der Waals surface area contributed by atoms with Crippen LogP contribution in [0, 0.1) is 17.3 Å². The number of carbonyl (C=O) groups excluding carboxylic acids is 1. The second kappa shape index (κ2) is 7.62. The first-order chi connectivity index (χ1) is 8.95. The number of likely N-dealkylation sites (N-methyl/N-ethyl adjacent to an activating group) is 1. The van der Waals surface area contributed by atoms with Crippen LogP contribution in [-0.4, -0.2) is 48.6 Å². The molecule has 2 unspecified atom stereocenters. The van der Waals surface area contributed by atoms with Crippen LogP contribution in [0.2, 0.25) is 0 Å². The Balaban J connectivity index is 4.91. The van der Waals surface area contributed by atoms with Crippen LogP contribution in [0.15, 0.2) is 0 Å². The summed E-state index contributed by atoms with van der Waals surface area (Å²) in [5, 5.41) is 12.2. The molecule has 0 aliphatic carbocycles. The largest absolute Gasteiger partial charge is 0.481 e. The van der Waals surface area contributed by atoms with Gasteiger partial charge in [0.25, 0.3) is 0 Å². The molecule has 118 valence electrons. The van der Waals surface area contributed by atoms with E-state index >= 15 is 0 Å². The van der Waals surface area contributed by atoms with Gasteiger partial charge in [0.15, 0.2) is 0 Å². The molecular weight excluding hydrogens is 256 g/mol. The Kier molecular flexibility index (Phi) is 7.20. The Morgan fingerprint density at radius 3 is 2.00 bits per heavy atom. The van der Waals surface area contributed by atoms with E-state index in [0.29, 0.717) is 12.5 Å². The fourth-order valence-electron chi connectivity index (χ4n) is 2.35. The van der Waals surface area contributed by atoms with Crippen molar-refractivity contribution in [3.8, 4) is 0 Å². The van der Waals surface area contributed by atoms with Crippen LogP contribution in [0.1, 0.15) is 41.0 Å². The normalized spacial score (nSPS) is 15.2. The van der Waals surface area contributed by atoms with E-state index in [9.17, 15) is 14.7 Å². The van der Waals surface area contributed by atoms with Crippen LogP contribution >= 0.6 is 0 Å². The third-order valence-corrected chi connectivity index (χ3v) is 3.06. The Labute approximate surface area is 122 Å². The van der Waals surface area contributed by atoms with E-state index in [-0.39, 0.29) is 6.04 Å². The minimum Gasteiger partial charge on any atom is -0.481 e. The molecule has 0 aromatic rings.